The Hall–Kier alpha value is -2.18. The van der Waals surface area contributed by atoms with Gasteiger partial charge in [-0.2, -0.15) is 5.10 Å². The number of nitrogens with zero attached hydrogens (tertiary/aromatic N) is 3. The highest BCUT2D eigenvalue weighted by molar-refractivity contribution is 7.09. The Balaban J connectivity index is 1.82. The molecule has 7 heteroatoms. The Morgan fingerprint density at radius 1 is 1.38 bits per heavy atom. The van der Waals surface area contributed by atoms with Gasteiger partial charge in [-0.05, 0) is 6.07 Å². The number of rotatable bonds is 4. The zero-order chi connectivity index (χ0) is 14.8. The van der Waals surface area contributed by atoms with Crippen molar-refractivity contribution in [2.24, 2.45) is 0 Å². The minimum atomic E-state index is -0.989. The molecular formula is C14H10ClN3O2S. The van der Waals surface area contributed by atoms with Crippen LogP contribution in [0.4, 0.5) is 0 Å². The number of thiazole rings is 1. The van der Waals surface area contributed by atoms with Crippen LogP contribution in [0.5, 0.6) is 0 Å². The molecule has 0 radical (unpaired) electrons. The summed E-state index contributed by atoms with van der Waals surface area (Å²) in [5.41, 5.74) is 1.86. The summed E-state index contributed by atoms with van der Waals surface area (Å²) in [6, 6.07) is 7.52. The third-order valence-electron chi connectivity index (χ3n) is 2.88. The first-order chi connectivity index (χ1) is 10.1. The van der Waals surface area contributed by atoms with Crippen molar-refractivity contribution in [3.8, 4) is 11.3 Å². The second-order valence-electron chi connectivity index (χ2n) is 4.34. The van der Waals surface area contributed by atoms with Crippen LogP contribution in [0.1, 0.15) is 15.4 Å². The molecule has 5 nitrogen and oxygen atoms in total. The van der Waals surface area contributed by atoms with E-state index in [1.165, 1.54) is 23.7 Å². The van der Waals surface area contributed by atoms with Gasteiger partial charge in [-0.1, -0.05) is 29.8 Å². The molecule has 0 aliphatic carbocycles. The average Bonchev–Trinajstić information content (AvgIpc) is 3.09. The largest absolute Gasteiger partial charge is 0.478 e. The Morgan fingerprint density at radius 2 is 2.19 bits per heavy atom. The Kier molecular flexibility index (Phi) is 3.72. The third kappa shape index (κ3) is 2.96. The fourth-order valence-electron chi connectivity index (χ4n) is 1.88. The van der Waals surface area contributed by atoms with Crippen LogP contribution >= 0.6 is 22.9 Å². The molecule has 2 aromatic heterocycles. The number of aromatic carboxylic acids is 1. The summed E-state index contributed by atoms with van der Waals surface area (Å²) in [5, 5.41) is 16.3. The molecule has 0 atom stereocenters. The molecule has 3 rings (SSSR count). The molecule has 1 N–H and O–H groups in total. The zero-order valence-corrected chi connectivity index (χ0v) is 12.3. The Morgan fingerprint density at radius 3 is 2.90 bits per heavy atom. The molecular weight excluding hydrogens is 310 g/mol. The molecule has 0 saturated heterocycles. The van der Waals surface area contributed by atoms with E-state index in [1.54, 1.807) is 4.68 Å². The zero-order valence-electron chi connectivity index (χ0n) is 10.7. The molecule has 1 aromatic carbocycles. The van der Waals surface area contributed by atoms with Gasteiger partial charge in [0, 0.05) is 22.2 Å². The minimum absolute atomic E-state index is 0.165. The van der Waals surface area contributed by atoms with E-state index < -0.39 is 5.97 Å². The van der Waals surface area contributed by atoms with Gasteiger partial charge >= 0.3 is 5.97 Å². The smallest absolute Gasteiger partial charge is 0.338 e. The molecule has 0 aliphatic rings. The predicted molar refractivity (Wildman–Crippen MR) is 80.8 cm³/mol. The van der Waals surface area contributed by atoms with Crippen LogP contribution in [0.25, 0.3) is 11.3 Å². The first kappa shape index (κ1) is 13.8. The van der Waals surface area contributed by atoms with Crippen molar-refractivity contribution in [3.63, 3.8) is 0 Å². The van der Waals surface area contributed by atoms with Crippen LogP contribution in [0.3, 0.4) is 0 Å². The van der Waals surface area contributed by atoms with Gasteiger partial charge in [0.05, 0.1) is 24.0 Å². The molecule has 106 valence electrons. The van der Waals surface area contributed by atoms with Crippen molar-refractivity contribution in [2.45, 2.75) is 6.54 Å². The Labute approximate surface area is 129 Å². The molecule has 0 spiro atoms. The molecule has 0 saturated carbocycles. The van der Waals surface area contributed by atoms with Crippen LogP contribution in [0.15, 0.2) is 42.0 Å². The number of hydrogen-bond acceptors (Lipinski definition) is 4. The van der Waals surface area contributed by atoms with Gasteiger partial charge in [0.15, 0.2) is 0 Å². The number of halogens is 1. The normalized spacial score (nSPS) is 10.7. The van der Waals surface area contributed by atoms with Gasteiger partial charge in [0.1, 0.15) is 5.01 Å². The summed E-state index contributed by atoms with van der Waals surface area (Å²) >= 11 is 7.64. The number of carboxylic acids is 1. The van der Waals surface area contributed by atoms with E-state index in [0.29, 0.717) is 11.6 Å². The highest BCUT2D eigenvalue weighted by Crippen LogP contribution is 2.28. The molecule has 2 heterocycles. The lowest BCUT2D eigenvalue weighted by atomic mass is 10.2. The maximum atomic E-state index is 10.8. The van der Waals surface area contributed by atoms with Crippen LogP contribution in [-0.4, -0.2) is 25.8 Å². The molecule has 3 aromatic rings. The van der Waals surface area contributed by atoms with Crippen LogP contribution in [0.2, 0.25) is 5.02 Å². The summed E-state index contributed by atoms with van der Waals surface area (Å²) in [4.78, 5) is 15.3. The van der Waals surface area contributed by atoms with Gasteiger partial charge in [-0.3, -0.25) is 4.68 Å². The topological polar surface area (TPSA) is 68.0 Å². The summed E-state index contributed by atoms with van der Waals surface area (Å²) in [6.45, 7) is 0.433. The Bertz CT molecular complexity index is 797. The van der Waals surface area contributed by atoms with Crippen molar-refractivity contribution < 1.29 is 9.90 Å². The van der Waals surface area contributed by atoms with E-state index in [1.807, 2.05) is 29.6 Å². The van der Waals surface area contributed by atoms with Crippen LogP contribution in [-0.2, 0) is 6.54 Å². The third-order valence-corrected chi connectivity index (χ3v) is 4.04. The summed E-state index contributed by atoms with van der Waals surface area (Å²) < 4.78 is 1.55. The fraction of sp³-hybridized carbons (Fsp3) is 0.0714. The number of benzene rings is 1. The monoisotopic (exact) mass is 319 g/mol. The fourth-order valence-corrected chi connectivity index (χ4v) is 2.89. The highest BCUT2D eigenvalue weighted by Gasteiger charge is 2.10. The lowest BCUT2D eigenvalue weighted by Gasteiger charge is -1.99. The molecule has 0 fully saturated rings. The van der Waals surface area contributed by atoms with Crippen molar-refractivity contribution >= 4 is 28.9 Å². The molecule has 0 bridgehead atoms. The van der Waals surface area contributed by atoms with E-state index >= 15 is 0 Å². The van der Waals surface area contributed by atoms with E-state index in [-0.39, 0.29) is 5.56 Å². The molecule has 21 heavy (non-hydrogen) atoms. The molecule has 0 unspecified atom stereocenters. The SMILES string of the molecule is O=C(O)c1cnn(Cc2nc(-c3ccccc3Cl)cs2)c1. The van der Waals surface area contributed by atoms with Crippen molar-refractivity contribution in [3.05, 3.63) is 57.6 Å². The maximum Gasteiger partial charge on any atom is 0.338 e. The minimum Gasteiger partial charge on any atom is -0.478 e. The summed E-state index contributed by atoms with van der Waals surface area (Å²) in [7, 11) is 0. The van der Waals surface area contributed by atoms with Crippen molar-refractivity contribution in [2.75, 3.05) is 0 Å². The lowest BCUT2D eigenvalue weighted by Crippen LogP contribution is -2.00. The van der Waals surface area contributed by atoms with Gasteiger partial charge in [-0.25, -0.2) is 9.78 Å². The van der Waals surface area contributed by atoms with Gasteiger partial charge in [0.2, 0.25) is 0 Å². The lowest BCUT2D eigenvalue weighted by molar-refractivity contribution is 0.0697. The van der Waals surface area contributed by atoms with E-state index in [4.69, 9.17) is 16.7 Å². The summed E-state index contributed by atoms with van der Waals surface area (Å²) in [5.74, 6) is -0.989. The number of hydrogen-bond donors (Lipinski definition) is 1. The predicted octanol–water partition coefficient (Wildman–Crippen LogP) is 3.41. The van der Waals surface area contributed by atoms with E-state index in [2.05, 4.69) is 10.1 Å². The van der Waals surface area contributed by atoms with Crippen LogP contribution < -0.4 is 0 Å². The average molecular weight is 320 g/mol. The van der Waals surface area contributed by atoms with Crippen LogP contribution in [0, 0.1) is 0 Å². The number of aromatic nitrogens is 3. The van der Waals surface area contributed by atoms with Gasteiger partial charge < -0.3 is 5.11 Å². The maximum absolute atomic E-state index is 10.8. The highest BCUT2D eigenvalue weighted by atomic mass is 35.5. The second kappa shape index (κ2) is 5.67. The van der Waals surface area contributed by atoms with Crippen molar-refractivity contribution in [1.29, 1.82) is 0 Å². The van der Waals surface area contributed by atoms with E-state index in [9.17, 15) is 4.79 Å². The van der Waals surface area contributed by atoms with Gasteiger partial charge in [0.25, 0.3) is 0 Å². The second-order valence-corrected chi connectivity index (χ2v) is 5.69. The molecule has 0 amide bonds. The summed E-state index contributed by atoms with van der Waals surface area (Å²) in [6.07, 6.45) is 2.81. The number of carboxylic acid groups (broad SMARTS) is 1. The molecule has 0 aliphatic heterocycles. The first-order valence-electron chi connectivity index (χ1n) is 6.08. The quantitative estimate of drug-likeness (QED) is 0.800. The van der Waals surface area contributed by atoms with Crippen molar-refractivity contribution in [1.82, 2.24) is 14.8 Å². The van der Waals surface area contributed by atoms with Gasteiger partial charge in [-0.15, -0.1) is 11.3 Å². The van der Waals surface area contributed by atoms with E-state index in [0.717, 1.165) is 16.3 Å². The number of carbonyl (C=O) groups is 1. The first-order valence-corrected chi connectivity index (χ1v) is 7.34. The standard InChI is InChI=1S/C14H10ClN3O2S/c15-11-4-2-1-3-10(11)12-8-21-13(17-12)7-18-6-9(5-16-18)14(19)20/h1-6,8H,7H2,(H,19,20).